The van der Waals surface area contributed by atoms with Crippen LogP contribution < -0.4 is 9.80 Å². The van der Waals surface area contributed by atoms with Gasteiger partial charge >= 0.3 is 0 Å². The van der Waals surface area contributed by atoms with Crippen LogP contribution in [-0.2, 0) is 21.7 Å². The molecule has 0 spiro atoms. The lowest BCUT2D eigenvalue weighted by atomic mass is 9.84. The lowest BCUT2D eigenvalue weighted by Gasteiger charge is -2.30. The third-order valence-electron chi connectivity index (χ3n) is 17.2. The number of para-hydroxylation sites is 2. The maximum Gasteiger partial charge on any atom is 0.0645 e. The minimum Gasteiger partial charge on any atom is -0.309 e. The molecule has 15 rings (SSSR count). The number of hydrogen-bond acceptors (Lipinski definition) is 2. The van der Waals surface area contributed by atoms with Crippen LogP contribution in [0.2, 0.25) is 0 Å². The molecular formula is C82H74N4. The molecule has 0 atom stereocenters. The van der Waals surface area contributed by atoms with Gasteiger partial charge in [0.1, 0.15) is 0 Å². The fourth-order valence-corrected chi connectivity index (χ4v) is 12.8. The number of nitrogens with zero attached hydrogens (tertiary/aromatic N) is 4. The van der Waals surface area contributed by atoms with Gasteiger partial charge in [0, 0.05) is 65.6 Å². The average Bonchev–Trinajstić information content (AvgIpc) is 1.51. The molecule has 4 heterocycles. The molecule has 0 amide bonds. The SMILES string of the molecule is [2H]c1c([2H])c([2H])c(-c2c([2H])c(C(C)(C)C)c([2H])c([2H])c2N(c2ccccc2)c2ccc3c4cc5c(cc4n4c6ccc(C(C)(C)C)cc6c2c34)c2ccc(N(c3ccccc3)c3c([2H])c([2H])c(C(C)(C)C)c([2H])c3-c3c([2H])c([2H])c([2H])c([2H])c3[2H])c3c4cc(C(C)(C)C)ccc4n5c23)c([2H])c1[2H]. The van der Waals surface area contributed by atoms with E-state index in [2.05, 4.69) is 111 Å². The quantitative estimate of drug-likeness (QED) is 0.151. The van der Waals surface area contributed by atoms with Crippen molar-refractivity contribution >= 4 is 110 Å². The van der Waals surface area contributed by atoms with Gasteiger partial charge in [0.15, 0.2) is 0 Å². The summed E-state index contributed by atoms with van der Waals surface area (Å²) in [6.07, 6.45) is 0. The van der Waals surface area contributed by atoms with Crippen LogP contribution in [0.5, 0.6) is 0 Å². The maximum absolute atomic E-state index is 10.3. The topological polar surface area (TPSA) is 15.3 Å². The van der Waals surface area contributed by atoms with Crippen LogP contribution in [0.25, 0.3) is 98.4 Å². The molecule has 0 aliphatic heterocycles. The Kier molecular flexibility index (Phi) is 8.54. The summed E-state index contributed by atoms with van der Waals surface area (Å²) in [5.74, 6) is 0. The van der Waals surface area contributed by atoms with E-state index in [0.717, 1.165) is 87.3 Å². The number of hydrogen-bond donors (Lipinski definition) is 0. The summed E-state index contributed by atoms with van der Waals surface area (Å²) in [6.45, 7) is 24.0. The Morgan fingerprint density at radius 1 is 0.314 bits per heavy atom. The van der Waals surface area contributed by atoms with Gasteiger partial charge in [-0.1, -0.05) is 216 Å². The summed E-state index contributed by atoms with van der Waals surface area (Å²) in [7, 11) is 0. The van der Waals surface area contributed by atoms with E-state index in [9.17, 15) is 13.7 Å². The second kappa shape index (κ2) is 19.1. The first-order valence-electron chi connectivity index (χ1n) is 37.5. The summed E-state index contributed by atoms with van der Waals surface area (Å²) in [6, 6.07) is 36.9. The summed E-state index contributed by atoms with van der Waals surface area (Å²) in [4.78, 5) is 3.67. The molecule has 0 N–H and O–H groups in total. The van der Waals surface area contributed by atoms with Gasteiger partial charge in [0.25, 0.3) is 0 Å². The van der Waals surface area contributed by atoms with Crippen molar-refractivity contribution < 1.29 is 21.9 Å². The van der Waals surface area contributed by atoms with Crippen LogP contribution >= 0.6 is 0 Å². The molecule has 0 aliphatic carbocycles. The minimum atomic E-state index is -0.895. The first-order chi connectivity index (χ1) is 47.9. The minimum absolute atomic E-state index is 0.00626. The van der Waals surface area contributed by atoms with Crippen LogP contribution in [0.3, 0.4) is 0 Å². The number of benzene rings is 11. The van der Waals surface area contributed by atoms with Crippen LogP contribution in [0.4, 0.5) is 34.1 Å². The highest BCUT2D eigenvalue weighted by Crippen LogP contribution is 2.54. The second-order valence-electron chi connectivity index (χ2n) is 27.0. The largest absolute Gasteiger partial charge is 0.309 e. The van der Waals surface area contributed by atoms with Crippen LogP contribution in [0.1, 0.15) is 127 Å². The summed E-state index contributed by atoms with van der Waals surface area (Å²) in [5.41, 5.74) is 6.66. The van der Waals surface area contributed by atoms with E-state index in [0.29, 0.717) is 22.7 Å². The number of rotatable bonds is 8. The first-order valence-corrected chi connectivity index (χ1v) is 29.5. The van der Waals surface area contributed by atoms with Gasteiger partial charge in [0.2, 0.25) is 0 Å². The molecule has 0 unspecified atom stereocenters. The third-order valence-corrected chi connectivity index (χ3v) is 17.2. The summed E-state index contributed by atoms with van der Waals surface area (Å²) >= 11 is 0. The van der Waals surface area contributed by atoms with Crippen molar-refractivity contribution in [2.24, 2.45) is 0 Å². The molecule has 0 saturated carbocycles. The van der Waals surface area contributed by atoms with Crippen molar-refractivity contribution in [2.45, 2.75) is 105 Å². The zero-order chi connectivity index (χ0) is 73.3. The Morgan fingerprint density at radius 2 is 0.686 bits per heavy atom. The molecule has 4 aromatic heterocycles. The number of fused-ring (bicyclic) bond motifs is 12. The maximum atomic E-state index is 10.3. The Labute approximate surface area is 528 Å². The predicted octanol–water partition coefficient (Wildman–Crippen LogP) is 23.5. The number of anilines is 6. The molecule has 0 saturated heterocycles. The highest BCUT2D eigenvalue weighted by molar-refractivity contribution is 6.32. The monoisotopic (exact) mass is 1130 g/mol. The van der Waals surface area contributed by atoms with E-state index in [1.165, 1.54) is 0 Å². The van der Waals surface area contributed by atoms with Crippen LogP contribution in [0, 0.1) is 0 Å². The fourth-order valence-electron chi connectivity index (χ4n) is 12.8. The predicted molar refractivity (Wildman–Crippen MR) is 371 cm³/mol. The second-order valence-corrected chi connectivity index (χ2v) is 27.0. The average molecular weight is 1130 g/mol. The molecule has 0 radical (unpaired) electrons. The van der Waals surface area contributed by atoms with E-state index in [1.54, 1.807) is 0 Å². The summed E-state index contributed by atoms with van der Waals surface area (Å²) < 4.78 is 156. The van der Waals surface area contributed by atoms with Gasteiger partial charge in [-0.15, -0.1) is 0 Å². The molecule has 4 nitrogen and oxygen atoms in total. The van der Waals surface area contributed by atoms with Crippen molar-refractivity contribution in [3.05, 3.63) is 252 Å². The fraction of sp³-hybridized carbons (Fsp3) is 0.195. The Hall–Kier alpha value is -9.38. The smallest absolute Gasteiger partial charge is 0.0645 e. The van der Waals surface area contributed by atoms with Crippen molar-refractivity contribution in [2.75, 3.05) is 9.80 Å². The molecule has 15 aromatic rings. The zero-order valence-electron chi connectivity index (χ0n) is 66.5. The molecule has 422 valence electrons. The van der Waals surface area contributed by atoms with E-state index in [1.807, 2.05) is 124 Å². The normalized spacial score (nSPS) is 15.5. The van der Waals surface area contributed by atoms with Crippen molar-refractivity contribution in [3.8, 4) is 22.3 Å². The Balaban J connectivity index is 1.09. The van der Waals surface area contributed by atoms with Crippen molar-refractivity contribution in [3.63, 3.8) is 0 Å². The van der Waals surface area contributed by atoms with Gasteiger partial charge in [0.05, 0.1) is 77.8 Å². The standard InChI is InChI=1S/C82H74N4/c1-79(2,3)53-33-39-67(61(45-53)51-25-17-13-18-26-51)83(57-29-21-15-22-30-57)71-43-37-59-63-49-74-64(50-73(63)85-69-41-35-55(81(7,8)9)47-65(69)75(71)77(59)85)60-38-44-72(76-66-48-56(82(10,11)12)36-42-70(66)86(74)78(60)76)84(58-31-23-16-24-32-58)68-40-34-54(80(4,5)6)46-62(68)52-27-19-14-20-28-52/h13-50H,1-12H3/i13D,14D,17D,18D,19D,20D,25D,26D,27D,28D,33D,34D,39D,40D,45D,46D. The van der Waals surface area contributed by atoms with Crippen molar-refractivity contribution in [1.82, 2.24) is 8.80 Å². The number of aromatic nitrogens is 2. The Bertz CT molecular complexity index is 5700. The molecule has 0 fully saturated rings. The van der Waals surface area contributed by atoms with Gasteiger partial charge in [-0.3, -0.25) is 0 Å². The van der Waals surface area contributed by atoms with Gasteiger partial charge in [-0.2, -0.15) is 0 Å². The van der Waals surface area contributed by atoms with Gasteiger partial charge in [-0.25, -0.2) is 0 Å². The molecule has 0 aliphatic rings. The Morgan fingerprint density at radius 3 is 1.05 bits per heavy atom. The van der Waals surface area contributed by atoms with Crippen LogP contribution in [-0.4, -0.2) is 8.80 Å². The van der Waals surface area contributed by atoms with E-state index >= 15 is 0 Å². The molecule has 4 heteroatoms. The van der Waals surface area contributed by atoms with Gasteiger partial charge in [-0.05, 0) is 152 Å². The highest BCUT2D eigenvalue weighted by Gasteiger charge is 2.32. The van der Waals surface area contributed by atoms with Crippen molar-refractivity contribution in [1.29, 1.82) is 0 Å². The lowest BCUT2D eigenvalue weighted by Crippen LogP contribution is -2.15. The van der Waals surface area contributed by atoms with E-state index in [-0.39, 0.29) is 91.8 Å². The highest BCUT2D eigenvalue weighted by atomic mass is 15.2. The zero-order valence-corrected chi connectivity index (χ0v) is 50.5. The molecular weight excluding hydrogens is 1040 g/mol. The molecule has 86 heavy (non-hydrogen) atoms. The molecule has 11 aromatic carbocycles. The van der Waals surface area contributed by atoms with E-state index in [4.69, 9.17) is 8.22 Å². The lowest BCUT2D eigenvalue weighted by molar-refractivity contribution is 0.590. The van der Waals surface area contributed by atoms with Gasteiger partial charge < -0.3 is 18.6 Å². The summed E-state index contributed by atoms with van der Waals surface area (Å²) in [5, 5.41) is 6.82. The molecule has 0 bridgehead atoms. The third kappa shape index (κ3) is 8.31. The van der Waals surface area contributed by atoms with E-state index < -0.39 is 71.3 Å². The first kappa shape index (κ1) is 38.5. The van der Waals surface area contributed by atoms with Crippen LogP contribution in [0.15, 0.2) is 230 Å².